The Balaban J connectivity index is 2.34. The van der Waals surface area contributed by atoms with Gasteiger partial charge in [0.25, 0.3) is 0 Å². The number of carbonyl (C=O) groups is 1. The van der Waals surface area contributed by atoms with Gasteiger partial charge in [0.2, 0.25) is 5.91 Å². The number of morpholine rings is 1. The van der Waals surface area contributed by atoms with Crippen LogP contribution in [0.15, 0.2) is 24.3 Å². The van der Waals surface area contributed by atoms with Gasteiger partial charge in [0.15, 0.2) is 0 Å². The maximum atomic E-state index is 11.6. The third-order valence-electron chi connectivity index (χ3n) is 3.74. The summed E-state index contributed by atoms with van der Waals surface area (Å²) in [7, 11) is 0. The Morgan fingerprint density at radius 1 is 1.50 bits per heavy atom. The number of carbonyl (C=O) groups excluding carboxylic acids is 1. The molecule has 3 atom stereocenters. The molecular weight excluding hydrogens is 254 g/mol. The summed E-state index contributed by atoms with van der Waals surface area (Å²) in [5, 5.41) is 0. The van der Waals surface area contributed by atoms with Gasteiger partial charge in [0, 0.05) is 12.6 Å². The molecule has 1 aliphatic heterocycles. The highest BCUT2D eigenvalue weighted by molar-refractivity contribution is 5.80. The molecule has 0 bridgehead atoms. The van der Waals surface area contributed by atoms with Gasteiger partial charge in [0.1, 0.15) is 6.04 Å². The van der Waals surface area contributed by atoms with E-state index in [1.54, 1.807) is 0 Å². The van der Waals surface area contributed by atoms with Crippen molar-refractivity contribution in [1.29, 1.82) is 0 Å². The molecule has 1 aliphatic rings. The second-order valence-electron chi connectivity index (χ2n) is 5.45. The molecular formula is C15H23N3O2. The van der Waals surface area contributed by atoms with E-state index in [0.29, 0.717) is 19.8 Å². The van der Waals surface area contributed by atoms with Crippen LogP contribution < -0.4 is 11.5 Å². The van der Waals surface area contributed by atoms with Crippen LogP contribution in [0, 0.1) is 6.92 Å². The summed E-state index contributed by atoms with van der Waals surface area (Å²) in [5.41, 5.74) is 14.0. The second kappa shape index (κ2) is 6.35. The zero-order chi connectivity index (χ0) is 14.7. The molecule has 1 amide bonds. The van der Waals surface area contributed by atoms with Crippen molar-refractivity contribution >= 4 is 5.91 Å². The van der Waals surface area contributed by atoms with E-state index < -0.39 is 6.04 Å². The Bertz CT molecular complexity index is 476. The standard InChI is InChI=1S/C15H23N3O2/c1-10-4-3-5-12(8-10)14(11(2)16)18-6-7-20-9-13(18)15(17)19/h3-5,8,11,13-14H,6-7,9,16H2,1-2H3,(H2,17,19). The van der Waals surface area contributed by atoms with Crippen LogP contribution in [0.5, 0.6) is 0 Å². The predicted molar refractivity (Wildman–Crippen MR) is 78.1 cm³/mol. The average molecular weight is 277 g/mol. The maximum Gasteiger partial charge on any atom is 0.237 e. The van der Waals surface area contributed by atoms with Gasteiger partial charge in [-0.1, -0.05) is 29.8 Å². The third-order valence-corrected chi connectivity index (χ3v) is 3.74. The van der Waals surface area contributed by atoms with Gasteiger partial charge >= 0.3 is 0 Å². The highest BCUT2D eigenvalue weighted by Gasteiger charge is 2.35. The van der Waals surface area contributed by atoms with Crippen LogP contribution in [0.3, 0.4) is 0 Å². The van der Waals surface area contributed by atoms with Crippen LogP contribution in [0.1, 0.15) is 24.1 Å². The van der Waals surface area contributed by atoms with Crippen LogP contribution in [0.2, 0.25) is 0 Å². The number of ether oxygens (including phenoxy) is 1. The molecule has 0 radical (unpaired) electrons. The lowest BCUT2D eigenvalue weighted by molar-refractivity contribution is -0.131. The van der Waals surface area contributed by atoms with Crippen LogP contribution in [-0.4, -0.2) is 42.6 Å². The summed E-state index contributed by atoms with van der Waals surface area (Å²) in [6.07, 6.45) is 0. The Hall–Kier alpha value is -1.43. The van der Waals surface area contributed by atoms with E-state index >= 15 is 0 Å². The first-order valence-corrected chi connectivity index (χ1v) is 6.95. The monoisotopic (exact) mass is 277 g/mol. The predicted octanol–water partition coefficient (Wildman–Crippen LogP) is 0.569. The third kappa shape index (κ3) is 3.17. The van der Waals surface area contributed by atoms with Gasteiger partial charge in [-0.3, -0.25) is 9.69 Å². The highest BCUT2D eigenvalue weighted by Crippen LogP contribution is 2.27. The fourth-order valence-corrected chi connectivity index (χ4v) is 2.85. The molecule has 20 heavy (non-hydrogen) atoms. The van der Waals surface area contributed by atoms with E-state index in [0.717, 1.165) is 5.56 Å². The number of amides is 1. The molecule has 1 aromatic rings. The number of nitrogens with two attached hydrogens (primary N) is 2. The number of nitrogens with zero attached hydrogens (tertiary/aromatic N) is 1. The number of hydrogen-bond donors (Lipinski definition) is 2. The minimum absolute atomic E-state index is 0.0312. The van der Waals surface area contributed by atoms with Gasteiger partial charge in [-0.15, -0.1) is 0 Å². The molecule has 1 aromatic carbocycles. The molecule has 110 valence electrons. The lowest BCUT2D eigenvalue weighted by atomic mass is 9.95. The number of hydrogen-bond acceptors (Lipinski definition) is 4. The quantitative estimate of drug-likeness (QED) is 0.843. The molecule has 0 aromatic heterocycles. The van der Waals surface area contributed by atoms with Crippen LogP contribution in [-0.2, 0) is 9.53 Å². The maximum absolute atomic E-state index is 11.6. The molecule has 5 nitrogen and oxygen atoms in total. The van der Waals surface area contributed by atoms with Crippen molar-refractivity contribution in [1.82, 2.24) is 4.90 Å². The Kier molecular flexibility index (Phi) is 4.75. The number of primary amides is 1. The molecule has 3 unspecified atom stereocenters. The van der Waals surface area contributed by atoms with Crippen molar-refractivity contribution in [3.8, 4) is 0 Å². The first kappa shape index (κ1) is 15.0. The molecule has 0 aliphatic carbocycles. The van der Waals surface area contributed by atoms with Crippen molar-refractivity contribution in [2.24, 2.45) is 11.5 Å². The minimum atomic E-state index is -0.416. The van der Waals surface area contributed by atoms with E-state index in [9.17, 15) is 4.79 Å². The van der Waals surface area contributed by atoms with Crippen molar-refractivity contribution in [2.45, 2.75) is 32.0 Å². The molecule has 0 spiro atoms. The summed E-state index contributed by atoms with van der Waals surface area (Å²) in [6.45, 7) is 5.60. The van der Waals surface area contributed by atoms with Crippen LogP contribution in [0.4, 0.5) is 0 Å². The fourth-order valence-electron chi connectivity index (χ4n) is 2.85. The number of rotatable bonds is 4. The minimum Gasteiger partial charge on any atom is -0.378 e. The topological polar surface area (TPSA) is 81.6 Å². The summed E-state index contributed by atoms with van der Waals surface area (Å²) < 4.78 is 5.38. The molecule has 1 saturated heterocycles. The van der Waals surface area contributed by atoms with Gasteiger partial charge in [-0.2, -0.15) is 0 Å². The van der Waals surface area contributed by atoms with Crippen molar-refractivity contribution < 1.29 is 9.53 Å². The lowest BCUT2D eigenvalue weighted by Gasteiger charge is -2.41. The summed E-state index contributed by atoms with van der Waals surface area (Å²) >= 11 is 0. The smallest absolute Gasteiger partial charge is 0.237 e. The van der Waals surface area contributed by atoms with E-state index in [-0.39, 0.29) is 18.0 Å². The largest absolute Gasteiger partial charge is 0.378 e. The first-order valence-electron chi connectivity index (χ1n) is 6.95. The lowest BCUT2D eigenvalue weighted by Crippen LogP contribution is -2.56. The van der Waals surface area contributed by atoms with Crippen molar-refractivity contribution in [2.75, 3.05) is 19.8 Å². The van der Waals surface area contributed by atoms with Crippen LogP contribution >= 0.6 is 0 Å². The fraction of sp³-hybridized carbons (Fsp3) is 0.533. The molecule has 2 rings (SSSR count). The summed E-state index contributed by atoms with van der Waals surface area (Å²) in [6, 6.07) is 7.68. The zero-order valence-corrected chi connectivity index (χ0v) is 12.1. The molecule has 1 fully saturated rings. The highest BCUT2D eigenvalue weighted by atomic mass is 16.5. The van der Waals surface area contributed by atoms with E-state index in [1.165, 1.54) is 5.56 Å². The molecule has 4 N–H and O–H groups in total. The zero-order valence-electron chi connectivity index (χ0n) is 12.1. The van der Waals surface area contributed by atoms with E-state index in [2.05, 4.69) is 17.0 Å². The van der Waals surface area contributed by atoms with Gasteiger partial charge in [0.05, 0.1) is 19.3 Å². The Morgan fingerprint density at radius 3 is 2.85 bits per heavy atom. The first-order chi connectivity index (χ1) is 9.50. The van der Waals surface area contributed by atoms with Crippen LogP contribution in [0.25, 0.3) is 0 Å². The normalized spacial score (nSPS) is 23.2. The van der Waals surface area contributed by atoms with Gasteiger partial charge in [-0.25, -0.2) is 0 Å². The van der Waals surface area contributed by atoms with E-state index in [1.807, 2.05) is 26.0 Å². The second-order valence-corrected chi connectivity index (χ2v) is 5.45. The van der Waals surface area contributed by atoms with Gasteiger partial charge < -0.3 is 16.2 Å². The molecule has 5 heteroatoms. The average Bonchev–Trinajstić information content (AvgIpc) is 2.39. The SMILES string of the molecule is Cc1cccc(C(C(C)N)N2CCOCC2C(N)=O)c1. The Morgan fingerprint density at radius 2 is 2.25 bits per heavy atom. The van der Waals surface area contributed by atoms with Gasteiger partial charge in [-0.05, 0) is 19.4 Å². The van der Waals surface area contributed by atoms with Crippen molar-refractivity contribution in [3.05, 3.63) is 35.4 Å². The molecule has 0 saturated carbocycles. The summed E-state index contributed by atoms with van der Waals surface area (Å²) in [5.74, 6) is -0.358. The Labute approximate surface area is 119 Å². The number of aryl methyl sites for hydroxylation is 1. The number of benzene rings is 1. The van der Waals surface area contributed by atoms with E-state index in [4.69, 9.17) is 16.2 Å². The summed E-state index contributed by atoms with van der Waals surface area (Å²) in [4.78, 5) is 13.7. The van der Waals surface area contributed by atoms with Crippen molar-refractivity contribution in [3.63, 3.8) is 0 Å². The molecule has 1 heterocycles.